The lowest BCUT2D eigenvalue weighted by atomic mass is 10.1. The van der Waals surface area contributed by atoms with Crippen LogP contribution in [-0.2, 0) is 13.0 Å². The summed E-state index contributed by atoms with van der Waals surface area (Å²) in [5.41, 5.74) is 3.46. The molecule has 0 amide bonds. The summed E-state index contributed by atoms with van der Waals surface area (Å²) in [5, 5.41) is 1.19. The van der Waals surface area contributed by atoms with Crippen LogP contribution in [0.3, 0.4) is 0 Å². The number of benzene rings is 1. The lowest BCUT2D eigenvalue weighted by Crippen LogP contribution is -2.19. The Morgan fingerprint density at radius 2 is 2.21 bits per heavy atom. The van der Waals surface area contributed by atoms with Crippen molar-refractivity contribution in [3.8, 4) is 0 Å². The zero-order chi connectivity index (χ0) is 9.71. The molecule has 0 saturated carbocycles. The SMILES string of the molecule is Cc1cc2cccc3c2n(c1=O)CC3. The van der Waals surface area contributed by atoms with Gasteiger partial charge in [-0.2, -0.15) is 0 Å². The minimum absolute atomic E-state index is 0.169. The van der Waals surface area contributed by atoms with Crippen molar-refractivity contribution in [3.63, 3.8) is 0 Å². The first-order valence-corrected chi connectivity index (χ1v) is 4.89. The second-order valence-electron chi connectivity index (χ2n) is 3.89. The van der Waals surface area contributed by atoms with Gasteiger partial charge in [-0.1, -0.05) is 18.2 Å². The van der Waals surface area contributed by atoms with Gasteiger partial charge in [0, 0.05) is 12.1 Å². The van der Waals surface area contributed by atoms with Gasteiger partial charge in [0.15, 0.2) is 0 Å². The van der Waals surface area contributed by atoms with E-state index >= 15 is 0 Å². The average molecular weight is 185 g/mol. The van der Waals surface area contributed by atoms with E-state index < -0.39 is 0 Å². The number of nitrogens with zero attached hydrogens (tertiary/aromatic N) is 1. The van der Waals surface area contributed by atoms with E-state index in [1.165, 1.54) is 10.9 Å². The van der Waals surface area contributed by atoms with Crippen molar-refractivity contribution in [2.75, 3.05) is 0 Å². The van der Waals surface area contributed by atoms with Crippen molar-refractivity contribution in [1.29, 1.82) is 0 Å². The maximum Gasteiger partial charge on any atom is 0.253 e. The molecule has 1 aromatic carbocycles. The van der Waals surface area contributed by atoms with E-state index in [0.717, 1.165) is 24.0 Å². The normalized spacial score (nSPS) is 13.8. The summed E-state index contributed by atoms with van der Waals surface area (Å²) in [4.78, 5) is 11.8. The van der Waals surface area contributed by atoms with E-state index in [4.69, 9.17) is 0 Å². The maximum atomic E-state index is 11.8. The number of pyridine rings is 1. The molecule has 0 spiro atoms. The quantitative estimate of drug-likeness (QED) is 0.614. The number of para-hydroxylation sites is 1. The van der Waals surface area contributed by atoms with Gasteiger partial charge >= 0.3 is 0 Å². The predicted molar refractivity (Wildman–Crippen MR) is 56.6 cm³/mol. The van der Waals surface area contributed by atoms with Crippen molar-refractivity contribution in [1.82, 2.24) is 4.57 Å². The van der Waals surface area contributed by atoms with Crippen LogP contribution in [0, 0.1) is 6.92 Å². The van der Waals surface area contributed by atoms with Crippen LogP contribution < -0.4 is 5.56 Å². The van der Waals surface area contributed by atoms with Crippen molar-refractivity contribution < 1.29 is 0 Å². The minimum atomic E-state index is 0.169. The van der Waals surface area contributed by atoms with Crippen LogP contribution in [0.25, 0.3) is 10.9 Å². The summed E-state index contributed by atoms with van der Waals surface area (Å²) in [7, 11) is 0. The van der Waals surface area contributed by atoms with E-state index in [1.54, 1.807) is 0 Å². The summed E-state index contributed by atoms with van der Waals surface area (Å²) in [6.45, 7) is 2.73. The van der Waals surface area contributed by atoms with Crippen molar-refractivity contribution in [3.05, 3.63) is 45.7 Å². The lowest BCUT2D eigenvalue weighted by molar-refractivity contribution is 0.737. The molecule has 3 rings (SSSR count). The number of aryl methyl sites for hydroxylation is 3. The predicted octanol–water partition coefficient (Wildman–Crippen LogP) is 1.87. The van der Waals surface area contributed by atoms with Crippen molar-refractivity contribution in [2.24, 2.45) is 0 Å². The molecule has 0 fully saturated rings. The van der Waals surface area contributed by atoms with Gasteiger partial charge in [0.2, 0.25) is 0 Å². The van der Waals surface area contributed by atoms with Gasteiger partial charge in [-0.25, -0.2) is 0 Å². The molecule has 0 saturated heterocycles. The van der Waals surface area contributed by atoms with Crippen LogP contribution in [0.5, 0.6) is 0 Å². The molecule has 0 radical (unpaired) electrons. The Morgan fingerprint density at radius 1 is 1.36 bits per heavy atom. The molecule has 2 aromatic rings. The van der Waals surface area contributed by atoms with Crippen LogP contribution in [0.2, 0.25) is 0 Å². The molecule has 0 unspecified atom stereocenters. The molecule has 14 heavy (non-hydrogen) atoms. The summed E-state index contributed by atoms with van der Waals surface area (Å²) >= 11 is 0. The fraction of sp³-hybridized carbons (Fsp3) is 0.250. The lowest BCUT2D eigenvalue weighted by Gasteiger charge is -2.04. The molecule has 2 nitrogen and oxygen atoms in total. The first kappa shape index (κ1) is 7.80. The van der Waals surface area contributed by atoms with Gasteiger partial charge in [-0.15, -0.1) is 0 Å². The Bertz CT molecular complexity index is 581. The zero-order valence-corrected chi connectivity index (χ0v) is 8.08. The smallest absolute Gasteiger partial charge is 0.253 e. The molecular formula is C12H11NO. The first-order valence-electron chi connectivity index (χ1n) is 4.89. The minimum Gasteiger partial charge on any atom is -0.307 e. The highest BCUT2D eigenvalue weighted by Crippen LogP contribution is 2.23. The number of hydrogen-bond acceptors (Lipinski definition) is 1. The Hall–Kier alpha value is -1.57. The van der Waals surface area contributed by atoms with Crippen molar-refractivity contribution in [2.45, 2.75) is 19.9 Å². The van der Waals surface area contributed by atoms with E-state index in [2.05, 4.69) is 18.2 Å². The number of aromatic nitrogens is 1. The molecule has 0 bridgehead atoms. The van der Waals surface area contributed by atoms with Gasteiger partial charge in [0.25, 0.3) is 5.56 Å². The monoisotopic (exact) mass is 185 g/mol. The third kappa shape index (κ3) is 0.830. The molecule has 1 aromatic heterocycles. The largest absolute Gasteiger partial charge is 0.307 e. The van der Waals surface area contributed by atoms with Crippen molar-refractivity contribution >= 4 is 10.9 Å². The highest BCUT2D eigenvalue weighted by atomic mass is 16.1. The van der Waals surface area contributed by atoms with Gasteiger partial charge < -0.3 is 4.57 Å². The molecule has 0 atom stereocenters. The third-order valence-corrected chi connectivity index (χ3v) is 2.98. The van der Waals surface area contributed by atoms with E-state index in [0.29, 0.717) is 0 Å². The standard InChI is InChI=1S/C12H11NO/c1-8-7-10-4-2-3-9-5-6-13(11(9)10)12(8)14/h2-4,7H,5-6H2,1H3. The second kappa shape index (κ2) is 2.47. The Morgan fingerprint density at radius 3 is 3.07 bits per heavy atom. The summed E-state index contributed by atoms with van der Waals surface area (Å²) in [6, 6.07) is 8.24. The Balaban J connectivity index is 2.62. The first-order chi connectivity index (χ1) is 6.77. The molecular weight excluding hydrogens is 174 g/mol. The fourth-order valence-electron chi connectivity index (χ4n) is 2.31. The average Bonchev–Trinajstić information content (AvgIpc) is 2.60. The maximum absolute atomic E-state index is 11.8. The summed E-state index contributed by atoms with van der Waals surface area (Å²) < 4.78 is 1.90. The van der Waals surface area contributed by atoms with Crippen LogP contribution >= 0.6 is 0 Å². The van der Waals surface area contributed by atoms with E-state index in [1.807, 2.05) is 17.6 Å². The Labute approximate surface area is 81.8 Å². The van der Waals surface area contributed by atoms with Crippen LogP contribution in [0.4, 0.5) is 0 Å². The van der Waals surface area contributed by atoms with Crippen LogP contribution in [0.1, 0.15) is 11.1 Å². The molecule has 2 heterocycles. The summed E-state index contributed by atoms with van der Waals surface area (Å²) in [6.07, 6.45) is 0.996. The second-order valence-corrected chi connectivity index (χ2v) is 3.89. The third-order valence-electron chi connectivity index (χ3n) is 2.98. The Kier molecular flexibility index (Phi) is 1.38. The van der Waals surface area contributed by atoms with Gasteiger partial charge in [0.1, 0.15) is 0 Å². The van der Waals surface area contributed by atoms with Gasteiger partial charge in [-0.05, 0) is 30.4 Å². The molecule has 1 aliphatic heterocycles. The molecule has 2 heteroatoms. The number of hydrogen-bond donors (Lipinski definition) is 0. The highest BCUT2D eigenvalue weighted by molar-refractivity contribution is 5.84. The van der Waals surface area contributed by atoms with Crippen LogP contribution in [-0.4, -0.2) is 4.57 Å². The molecule has 0 aliphatic carbocycles. The van der Waals surface area contributed by atoms with Crippen LogP contribution in [0.15, 0.2) is 29.1 Å². The van der Waals surface area contributed by atoms with E-state index in [9.17, 15) is 4.79 Å². The number of rotatable bonds is 0. The molecule has 0 N–H and O–H groups in total. The molecule has 70 valence electrons. The van der Waals surface area contributed by atoms with Gasteiger partial charge in [-0.3, -0.25) is 4.79 Å². The zero-order valence-electron chi connectivity index (χ0n) is 8.08. The van der Waals surface area contributed by atoms with Gasteiger partial charge in [0.05, 0.1) is 5.52 Å². The molecule has 1 aliphatic rings. The topological polar surface area (TPSA) is 22.0 Å². The fourth-order valence-corrected chi connectivity index (χ4v) is 2.31. The summed E-state index contributed by atoms with van der Waals surface area (Å²) in [5.74, 6) is 0. The highest BCUT2D eigenvalue weighted by Gasteiger charge is 2.15. The van der Waals surface area contributed by atoms with E-state index in [-0.39, 0.29) is 5.56 Å².